The van der Waals surface area contributed by atoms with Gasteiger partial charge in [0.2, 0.25) is 5.91 Å². The van der Waals surface area contributed by atoms with Gasteiger partial charge in [0, 0.05) is 11.7 Å². The van der Waals surface area contributed by atoms with Gasteiger partial charge in [0.15, 0.2) is 11.0 Å². The minimum atomic E-state index is 0.0247. The molecule has 1 aromatic rings. The molecule has 0 aromatic carbocycles. The van der Waals surface area contributed by atoms with E-state index in [1.54, 1.807) is 23.9 Å². The summed E-state index contributed by atoms with van der Waals surface area (Å²) in [6.07, 6.45) is 0.942. The third-order valence-corrected chi connectivity index (χ3v) is 3.55. The van der Waals surface area contributed by atoms with Gasteiger partial charge in [-0.05, 0) is 24.3 Å². The number of rotatable bonds is 2. The largest absolute Gasteiger partial charge is 0.309 e. The van der Waals surface area contributed by atoms with Crippen LogP contribution in [0.5, 0.6) is 0 Å². The van der Waals surface area contributed by atoms with E-state index in [-0.39, 0.29) is 11.8 Å². The third-order valence-electron chi connectivity index (χ3n) is 2.18. The number of amides is 1. The van der Waals surface area contributed by atoms with Crippen LogP contribution < -0.4 is 5.32 Å². The summed E-state index contributed by atoms with van der Waals surface area (Å²) in [5, 5.41) is 10.5. The molecule has 6 heteroatoms. The van der Waals surface area contributed by atoms with Crippen molar-refractivity contribution in [3.8, 4) is 0 Å². The van der Waals surface area contributed by atoms with Crippen molar-refractivity contribution in [2.45, 2.75) is 6.42 Å². The van der Waals surface area contributed by atoms with Crippen molar-refractivity contribution in [3.63, 3.8) is 0 Å². The third kappa shape index (κ3) is 2.82. The zero-order chi connectivity index (χ0) is 10.7. The molecular formula is C9H10ClN3OS. The van der Waals surface area contributed by atoms with Crippen LogP contribution >= 0.6 is 23.4 Å². The van der Waals surface area contributed by atoms with Crippen molar-refractivity contribution in [3.05, 3.63) is 17.3 Å². The van der Waals surface area contributed by atoms with Crippen LogP contribution in [0.2, 0.25) is 5.15 Å². The molecule has 1 N–H and O–H groups in total. The van der Waals surface area contributed by atoms with Crippen molar-refractivity contribution in [2.24, 2.45) is 5.92 Å². The van der Waals surface area contributed by atoms with E-state index in [4.69, 9.17) is 11.6 Å². The van der Waals surface area contributed by atoms with Gasteiger partial charge in [0.05, 0.1) is 0 Å². The van der Waals surface area contributed by atoms with E-state index >= 15 is 0 Å². The Hall–Kier alpha value is -0.810. The predicted molar refractivity (Wildman–Crippen MR) is 61.1 cm³/mol. The highest BCUT2D eigenvalue weighted by Crippen LogP contribution is 2.24. The van der Waals surface area contributed by atoms with Crippen LogP contribution in [0.1, 0.15) is 6.42 Å². The summed E-state index contributed by atoms with van der Waals surface area (Å²) in [5.41, 5.74) is 0. The number of thioether (sulfide) groups is 1. The van der Waals surface area contributed by atoms with Gasteiger partial charge in [-0.2, -0.15) is 11.8 Å². The first-order valence-electron chi connectivity index (χ1n) is 4.63. The van der Waals surface area contributed by atoms with Gasteiger partial charge in [-0.15, -0.1) is 10.2 Å². The van der Waals surface area contributed by atoms with E-state index in [0.717, 1.165) is 17.9 Å². The number of hydrogen-bond donors (Lipinski definition) is 1. The summed E-state index contributed by atoms with van der Waals surface area (Å²) < 4.78 is 0. The van der Waals surface area contributed by atoms with E-state index in [2.05, 4.69) is 15.5 Å². The number of halogens is 1. The first-order valence-corrected chi connectivity index (χ1v) is 6.17. The molecule has 1 atom stereocenters. The number of carbonyl (C=O) groups is 1. The molecular weight excluding hydrogens is 234 g/mol. The molecule has 0 radical (unpaired) electrons. The summed E-state index contributed by atoms with van der Waals surface area (Å²) in [5.74, 6) is 2.54. The number of nitrogens with zero attached hydrogens (tertiary/aromatic N) is 2. The molecule has 2 heterocycles. The molecule has 1 aliphatic heterocycles. The Morgan fingerprint density at radius 1 is 1.53 bits per heavy atom. The van der Waals surface area contributed by atoms with Gasteiger partial charge in [-0.25, -0.2) is 0 Å². The second-order valence-corrected chi connectivity index (χ2v) is 4.83. The molecule has 1 unspecified atom stereocenters. The van der Waals surface area contributed by atoms with Crippen LogP contribution in [0.15, 0.2) is 12.1 Å². The van der Waals surface area contributed by atoms with E-state index in [1.807, 2.05) is 0 Å². The summed E-state index contributed by atoms with van der Waals surface area (Å²) >= 11 is 7.39. The number of hydrogen-bond acceptors (Lipinski definition) is 4. The molecule has 1 aliphatic rings. The van der Waals surface area contributed by atoms with Crippen LogP contribution in [-0.2, 0) is 4.79 Å². The number of anilines is 1. The molecule has 0 saturated carbocycles. The van der Waals surface area contributed by atoms with Crippen molar-refractivity contribution >= 4 is 35.1 Å². The van der Waals surface area contributed by atoms with Gasteiger partial charge >= 0.3 is 0 Å². The van der Waals surface area contributed by atoms with Gasteiger partial charge < -0.3 is 5.32 Å². The van der Waals surface area contributed by atoms with E-state index in [1.165, 1.54) is 0 Å². The maximum atomic E-state index is 11.7. The molecule has 15 heavy (non-hydrogen) atoms. The Labute approximate surface area is 96.8 Å². The first-order chi connectivity index (χ1) is 7.25. The Morgan fingerprint density at radius 2 is 2.40 bits per heavy atom. The number of nitrogens with one attached hydrogen (secondary N) is 1. The average Bonchev–Trinajstić information content (AvgIpc) is 2.74. The standard InChI is InChI=1S/C9H10ClN3OS/c10-7-1-2-8(13-12-7)11-9(14)6-3-4-15-5-6/h1-2,6H,3-5H2,(H,11,13,14). The smallest absolute Gasteiger partial charge is 0.229 e. The lowest BCUT2D eigenvalue weighted by Crippen LogP contribution is -2.23. The molecule has 1 aromatic heterocycles. The van der Waals surface area contributed by atoms with Gasteiger partial charge in [-0.3, -0.25) is 4.79 Å². The molecule has 1 amide bonds. The monoisotopic (exact) mass is 243 g/mol. The van der Waals surface area contributed by atoms with Gasteiger partial charge in [0.1, 0.15) is 0 Å². The molecule has 0 aliphatic carbocycles. The highest BCUT2D eigenvalue weighted by Gasteiger charge is 2.23. The summed E-state index contributed by atoms with van der Waals surface area (Å²) in [4.78, 5) is 11.7. The van der Waals surface area contributed by atoms with Gasteiger partial charge in [0.25, 0.3) is 0 Å². The van der Waals surface area contributed by atoms with E-state index in [0.29, 0.717) is 11.0 Å². The minimum Gasteiger partial charge on any atom is -0.309 e. The Bertz CT molecular complexity index is 351. The maximum Gasteiger partial charge on any atom is 0.229 e. The van der Waals surface area contributed by atoms with Crippen LogP contribution in [0.3, 0.4) is 0 Å². The van der Waals surface area contributed by atoms with Crippen LogP contribution in [0.4, 0.5) is 5.82 Å². The summed E-state index contributed by atoms with van der Waals surface area (Å²) in [6, 6.07) is 3.25. The van der Waals surface area contributed by atoms with Crippen LogP contribution in [0, 0.1) is 5.92 Å². The fraction of sp³-hybridized carbons (Fsp3) is 0.444. The highest BCUT2D eigenvalue weighted by molar-refractivity contribution is 7.99. The lowest BCUT2D eigenvalue weighted by Gasteiger charge is -2.07. The van der Waals surface area contributed by atoms with Crippen molar-refractivity contribution < 1.29 is 4.79 Å². The number of aromatic nitrogens is 2. The lowest BCUT2D eigenvalue weighted by molar-refractivity contribution is -0.119. The van der Waals surface area contributed by atoms with Gasteiger partial charge in [-0.1, -0.05) is 11.6 Å². The van der Waals surface area contributed by atoms with E-state index in [9.17, 15) is 4.79 Å². The molecule has 0 spiro atoms. The van der Waals surface area contributed by atoms with Crippen molar-refractivity contribution in [1.82, 2.24) is 10.2 Å². The quantitative estimate of drug-likeness (QED) is 0.861. The second-order valence-electron chi connectivity index (χ2n) is 3.29. The Kier molecular flexibility index (Phi) is 3.43. The molecule has 1 saturated heterocycles. The zero-order valence-electron chi connectivity index (χ0n) is 7.94. The molecule has 1 fully saturated rings. The number of carbonyl (C=O) groups excluding carboxylic acids is 1. The summed E-state index contributed by atoms with van der Waals surface area (Å²) in [6.45, 7) is 0. The molecule has 0 bridgehead atoms. The Morgan fingerprint density at radius 3 is 3.00 bits per heavy atom. The molecule has 80 valence electrons. The lowest BCUT2D eigenvalue weighted by atomic mass is 10.1. The normalized spacial score (nSPS) is 20.2. The molecule has 2 rings (SSSR count). The summed E-state index contributed by atoms with van der Waals surface area (Å²) in [7, 11) is 0. The van der Waals surface area contributed by atoms with Crippen molar-refractivity contribution in [2.75, 3.05) is 16.8 Å². The average molecular weight is 244 g/mol. The fourth-order valence-electron chi connectivity index (χ4n) is 1.35. The van der Waals surface area contributed by atoms with Crippen LogP contribution in [0.25, 0.3) is 0 Å². The topological polar surface area (TPSA) is 54.9 Å². The molecule has 4 nitrogen and oxygen atoms in total. The minimum absolute atomic E-state index is 0.0247. The van der Waals surface area contributed by atoms with E-state index < -0.39 is 0 Å². The second kappa shape index (κ2) is 4.81. The van der Waals surface area contributed by atoms with Crippen molar-refractivity contribution in [1.29, 1.82) is 0 Å². The highest BCUT2D eigenvalue weighted by atomic mass is 35.5. The van der Waals surface area contributed by atoms with Crippen LogP contribution in [-0.4, -0.2) is 27.6 Å². The SMILES string of the molecule is O=C(Nc1ccc(Cl)nn1)C1CCSC1. The fourth-order valence-corrected chi connectivity index (χ4v) is 2.67. The maximum absolute atomic E-state index is 11.7. The predicted octanol–water partition coefficient (Wildman–Crippen LogP) is 1.82. The Balaban J connectivity index is 1.96. The first kappa shape index (κ1) is 10.7. The zero-order valence-corrected chi connectivity index (χ0v) is 9.51.